The molecule has 2 saturated heterocycles. The molecule has 9 nitrogen and oxygen atoms in total. The number of hydrogen-bond acceptors (Lipinski definition) is 7. The van der Waals surface area contributed by atoms with E-state index < -0.39 is 46.1 Å². The Bertz CT molecular complexity index is 976. The van der Waals surface area contributed by atoms with Crippen LogP contribution in [0, 0.1) is 27.4 Å². The number of Topliss-reactive ketones (excluding diaryl/α,β-unsaturated/α-hetero) is 1. The summed E-state index contributed by atoms with van der Waals surface area (Å²) in [4.78, 5) is 51.1. The van der Waals surface area contributed by atoms with Gasteiger partial charge in [0.1, 0.15) is 6.04 Å². The normalized spacial score (nSPS) is 28.0. The summed E-state index contributed by atoms with van der Waals surface area (Å²) in [6, 6.07) is 3.92. The fourth-order valence-electron chi connectivity index (χ4n) is 4.26. The number of carbonyl (C=O) groups excluding carboxylic acids is 3. The summed E-state index contributed by atoms with van der Waals surface area (Å²) in [6.45, 7) is 5.32. The predicted octanol–water partition coefficient (Wildman–Crippen LogP) is 1.92. The zero-order valence-corrected chi connectivity index (χ0v) is 16.2. The molecule has 4 rings (SSSR count). The van der Waals surface area contributed by atoms with Gasteiger partial charge in [-0.05, 0) is 18.2 Å². The molecule has 1 aromatic carbocycles. The van der Waals surface area contributed by atoms with Gasteiger partial charge in [-0.15, -0.1) is 0 Å². The van der Waals surface area contributed by atoms with Gasteiger partial charge < -0.3 is 0 Å². The topological polar surface area (TPSA) is 113 Å². The minimum absolute atomic E-state index is 0.135. The van der Waals surface area contributed by atoms with E-state index in [1.54, 1.807) is 44.1 Å². The maximum absolute atomic E-state index is 13.3. The highest BCUT2D eigenvalue weighted by molar-refractivity contribution is 6.24. The molecule has 0 aliphatic carbocycles. The van der Waals surface area contributed by atoms with E-state index in [0.717, 1.165) is 4.90 Å². The maximum Gasteiger partial charge on any atom is 0.269 e. The number of hydrogen-bond donors (Lipinski definition) is 0. The summed E-state index contributed by atoms with van der Waals surface area (Å²) < 4.78 is 0. The molecule has 0 spiro atoms. The summed E-state index contributed by atoms with van der Waals surface area (Å²) in [7, 11) is 0. The smallest absolute Gasteiger partial charge is 0.269 e. The Morgan fingerprint density at radius 1 is 1.10 bits per heavy atom. The van der Waals surface area contributed by atoms with Crippen LogP contribution < -0.4 is 4.90 Å². The lowest BCUT2D eigenvalue weighted by atomic mass is 9.80. The number of carbonyl (C=O) groups is 3. The first-order valence-corrected chi connectivity index (χ1v) is 9.28. The lowest BCUT2D eigenvalue weighted by Gasteiger charge is -2.33. The number of amides is 2. The number of anilines is 1. The number of non-ortho nitro benzene ring substituents is 1. The van der Waals surface area contributed by atoms with Crippen LogP contribution in [0.25, 0.3) is 0 Å². The van der Waals surface area contributed by atoms with Gasteiger partial charge in [-0.25, -0.2) is 4.90 Å². The summed E-state index contributed by atoms with van der Waals surface area (Å²) in [5, 5.41) is 16.8. The molecule has 0 unspecified atom stereocenters. The van der Waals surface area contributed by atoms with Crippen molar-refractivity contribution >= 4 is 35.2 Å². The van der Waals surface area contributed by atoms with Crippen LogP contribution in [0.5, 0.6) is 0 Å². The molecule has 0 bridgehead atoms. The Hall–Kier alpha value is -3.36. The third-order valence-corrected chi connectivity index (χ3v) is 5.62. The molecule has 29 heavy (non-hydrogen) atoms. The molecule has 4 atom stereocenters. The number of fused-ring (bicyclic) bond motifs is 3. The number of hydrazone groups is 1. The van der Waals surface area contributed by atoms with E-state index >= 15 is 0 Å². The number of benzene rings is 1. The highest BCUT2D eigenvalue weighted by Crippen LogP contribution is 2.47. The van der Waals surface area contributed by atoms with Crippen molar-refractivity contribution in [1.29, 1.82) is 0 Å². The van der Waals surface area contributed by atoms with Crippen molar-refractivity contribution < 1.29 is 19.3 Å². The minimum atomic E-state index is -0.852. The van der Waals surface area contributed by atoms with E-state index in [-0.39, 0.29) is 17.2 Å². The largest absolute Gasteiger partial charge is 0.297 e. The SMILES string of the molecule is CC(C)(C)C(=O)[C@@H]1[C@@H]2C(=O)N(c3ccc([N+](=O)[O-])cc3)C(=O)[C@@H]2[C@@H]2C=CC=NN12. The van der Waals surface area contributed by atoms with E-state index in [9.17, 15) is 24.5 Å². The predicted molar refractivity (Wildman–Crippen MR) is 104 cm³/mol. The number of nitrogens with zero attached hydrogens (tertiary/aromatic N) is 4. The summed E-state index contributed by atoms with van der Waals surface area (Å²) in [5.74, 6) is -2.64. The molecule has 1 aromatic rings. The van der Waals surface area contributed by atoms with Crippen LogP contribution in [-0.4, -0.2) is 45.8 Å². The van der Waals surface area contributed by atoms with E-state index in [2.05, 4.69) is 5.10 Å². The van der Waals surface area contributed by atoms with E-state index in [1.165, 1.54) is 24.3 Å². The molecule has 9 heteroatoms. The third kappa shape index (κ3) is 2.76. The van der Waals surface area contributed by atoms with Crippen molar-refractivity contribution in [2.45, 2.75) is 32.9 Å². The Balaban J connectivity index is 1.75. The number of rotatable bonds is 3. The monoisotopic (exact) mass is 396 g/mol. The molecule has 150 valence electrons. The fourth-order valence-corrected chi connectivity index (χ4v) is 4.26. The highest BCUT2D eigenvalue weighted by atomic mass is 16.6. The zero-order chi connectivity index (χ0) is 21.1. The number of ketones is 1. The molecule has 3 aliphatic rings. The van der Waals surface area contributed by atoms with Gasteiger partial charge in [0.2, 0.25) is 11.8 Å². The van der Waals surface area contributed by atoms with Crippen molar-refractivity contribution in [1.82, 2.24) is 5.01 Å². The Morgan fingerprint density at radius 3 is 2.31 bits per heavy atom. The molecule has 3 aliphatic heterocycles. The molecule has 2 amide bonds. The first-order chi connectivity index (χ1) is 13.6. The highest BCUT2D eigenvalue weighted by Gasteiger charge is 2.64. The lowest BCUT2D eigenvalue weighted by molar-refractivity contribution is -0.384. The van der Waals surface area contributed by atoms with Crippen LogP contribution in [0.1, 0.15) is 20.8 Å². The molecule has 2 fully saturated rings. The maximum atomic E-state index is 13.3. The van der Waals surface area contributed by atoms with E-state index in [0.29, 0.717) is 0 Å². The van der Waals surface area contributed by atoms with Crippen molar-refractivity contribution in [3.05, 3.63) is 46.5 Å². The van der Waals surface area contributed by atoms with Gasteiger partial charge in [-0.1, -0.05) is 26.8 Å². The second kappa shape index (κ2) is 6.33. The first-order valence-electron chi connectivity index (χ1n) is 9.28. The molecular weight excluding hydrogens is 376 g/mol. The van der Waals surface area contributed by atoms with Crippen LogP contribution in [0.4, 0.5) is 11.4 Å². The standard InChI is InChI=1S/C20H20N4O5/c1-20(2,3)17(25)16-15-14(13-5-4-10-21-23(13)16)18(26)22(19(15)27)11-6-8-12(9-7-11)24(28)29/h4-10,13-16H,1-3H3/t13-,14+,15+,16-/m0/s1. The van der Waals surface area contributed by atoms with Crippen LogP contribution in [0.3, 0.4) is 0 Å². The van der Waals surface area contributed by atoms with Gasteiger partial charge in [0.25, 0.3) is 5.69 Å². The van der Waals surface area contributed by atoms with Crippen molar-refractivity contribution in [2.75, 3.05) is 4.90 Å². The number of nitro benzene ring substituents is 1. The quantitative estimate of drug-likeness (QED) is 0.438. The second-order valence-corrected chi connectivity index (χ2v) is 8.42. The molecule has 3 heterocycles. The summed E-state index contributed by atoms with van der Waals surface area (Å²) >= 11 is 0. The molecule has 0 N–H and O–H groups in total. The molecule has 0 saturated carbocycles. The molecular formula is C20H20N4O5. The Labute approximate surface area is 166 Å². The minimum Gasteiger partial charge on any atom is -0.297 e. The Kier molecular flexibility index (Phi) is 4.14. The first kappa shape index (κ1) is 19.0. The van der Waals surface area contributed by atoms with Gasteiger partial charge in [-0.3, -0.25) is 29.5 Å². The van der Waals surface area contributed by atoms with Crippen molar-refractivity contribution in [3.8, 4) is 0 Å². The number of imide groups is 1. The third-order valence-electron chi connectivity index (χ3n) is 5.62. The van der Waals surface area contributed by atoms with E-state index in [4.69, 9.17) is 0 Å². The van der Waals surface area contributed by atoms with Gasteiger partial charge in [0.15, 0.2) is 5.78 Å². The second-order valence-electron chi connectivity index (χ2n) is 8.42. The van der Waals surface area contributed by atoms with E-state index in [1.807, 2.05) is 0 Å². The van der Waals surface area contributed by atoms with Gasteiger partial charge >= 0.3 is 0 Å². The number of allylic oxidation sites excluding steroid dienone is 1. The summed E-state index contributed by atoms with van der Waals surface area (Å²) in [6.07, 6.45) is 5.03. The zero-order valence-electron chi connectivity index (χ0n) is 16.2. The van der Waals surface area contributed by atoms with Crippen molar-refractivity contribution in [2.24, 2.45) is 22.4 Å². The van der Waals surface area contributed by atoms with Gasteiger partial charge in [0, 0.05) is 23.8 Å². The summed E-state index contributed by atoms with van der Waals surface area (Å²) in [5.41, 5.74) is -0.591. The van der Waals surface area contributed by atoms with Crippen molar-refractivity contribution in [3.63, 3.8) is 0 Å². The van der Waals surface area contributed by atoms with Gasteiger partial charge in [0.05, 0.1) is 28.5 Å². The van der Waals surface area contributed by atoms with Crippen LogP contribution in [0.15, 0.2) is 41.5 Å². The van der Waals surface area contributed by atoms with Crippen LogP contribution in [0.2, 0.25) is 0 Å². The van der Waals surface area contributed by atoms with Crippen LogP contribution >= 0.6 is 0 Å². The average molecular weight is 396 g/mol. The lowest BCUT2D eigenvalue weighted by Crippen LogP contribution is -2.49. The van der Waals surface area contributed by atoms with Gasteiger partial charge in [-0.2, -0.15) is 5.10 Å². The Morgan fingerprint density at radius 2 is 1.72 bits per heavy atom. The number of nitro groups is 1. The average Bonchev–Trinajstić information content (AvgIpc) is 3.14. The molecule has 0 radical (unpaired) electrons. The fraction of sp³-hybridized carbons (Fsp3) is 0.400. The van der Waals surface area contributed by atoms with Crippen LogP contribution in [-0.2, 0) is 14.4 Å². The molecule has 0 aromatic heterocycles.